The standard InChI is InChI=1S/C21H22N4OS/c22-21(26)17-6-1-4-15(12-17)13-25(14-19-23-10-11-27-19)18-8-2-5-16-7-3-9-24-20(16)18/h1,3-4,6-7,9-12,18H,2,5,8,13-14H2,(H2,22,26). The predicted molar refractivity (Wildman–Crippen MR) is 106 cm³/mol. The largest absolute Gasteiger partial charge is 0.366 e. The predicted octanol–water partition coefficient (Wildman–Crippen LogP) is 3.72. The number of amides is 1. The first-order valence-electron chi connectivity index (χ1n) is 9.15. The minimum absolute atomic E-state index is 0.246. The van der Waals surface area contributed by atoms with Gasteiger partial charge in [0.2, 0.25) is 5.91 Å². The third kappa shape index (κ3) is 4.07. The van der Waals surface area contributed by atoms with Crippen molar-refractivity contribution >= 4 is 17.2 Å². The molecular weight excluding hydrogens is 356 g/mol. The summed E-state index contributed by atoms with van der Waals surface area (Å²) in [6.45, 7) is 1.49. The van der Waals surface area contributed by atoms with Gasteiger partial charge < -0.3 is 5.73 Å². The van der Waals surface area contributed by atoms with Crippen LogP contribution in [0.2, 0.25) is 0 Å². The van der Waals surface area contributed by atoms with Crippen molar-refractivity contribution in [2.45, 2.75) is 38.4 Å². The highest BCUT2D eigenvalue weighted by atomic mass is 32.1. The first kappa shape index (κ1) is 17.8. The van der Waals surface area contributed by atoms with Gasteiger partial charge in [-0.25, -0.2) is 4.98 Å². The fourth-order valence-corrected chi connectivity index (χ4v) is 4.42. The topological polar surface area (TPSA) is 72.1 Å². The van der Waals surface area contributed by atoms with Gasteiger partial charge in [0.25, 0.3) is 0 Å². The molecule has 1 atom stereocenters. The number of benzene rings is 1. The summed E-state index contributed by atoms with van der Waals surface area (Å²) in [4.78, 5) is 23.2. The zero-order valence-electron chi connectivity index (χ0n) is 15.0. The van der Waals surface area contributed by atoms with E-state index in [1.807, 2.05) is 42.0 Å². The molecule has 5 nitrogen and oxygen atoms in total. The van der Waals surface area contributed by atoms with E-state index < -0.39 is 5.91 Å². The lowest BCUT2D eigenvalue weighted by atomic mass is 9.90. The van der Waals surface area contributed by atoms with Crippen LogP contribution in [-0.2, 0) is 19.5 Å². The van der Waals surface area contributed by atoms with E-state index in [0.29, 0.717) is 5.56 Å². The van der Waals surface area contributed by atoms with Crippen molar-refractivity contribution in [1.29, 1.82) is 0 Å². The Morgan fingerprint density at radius 1 is 1.19 bits per heavy atom. The van der Waals surface area contributed by atoms with Crippen LogP contribution in [-0.4, -0.2) is 20.8 Å². The highest BCUT2D eigenvalue weighted by Gasteiger charge is 2.28. The summed E-state index contributed by atoms with van der Waals surface area (Å²) in [6.07, 6.45) is 7.04. The van der Waals surface area contributed by atoms with Crippen LogP contribution < -0.4 is 5.73 Å². The van der Waals surface area contributed by atoms with E-state index in [-0.39, 0.29) is 6.04 Å². The quantitative estimate of drug-likeness (QED) is 0.710. The number of hydrogen-bond acceptors (Lipinski definition) is 5. The average Bonchev–Trinajstić information content (AvgIpc) is 3.20. The Hall–Kier alpha value is -2.57. The van der Waals surface area contributed by atoms with Crippen LogP contribution in [0.4, 0.5) is 0 Å². The lowest BCUT2D eigenvalue weighted by Crippen LogP contribution is -2.31. The van der Waals surface area contributed by atoms with Crippen LogP contribution >= 0.6 is 11.3 Å². The number of aryl methyl sites for hydroxylation is 1. The third-order valence-corrected chi connectivity index (χ3v) is 5.79. The first-order valence-corrected chi connectivity index (χ1v) is 10.0. The van der Waals surface area contributed by atoms with Gasteiger partial charge in [0.1, 0.15) is 5.01 Å². The van der Waals surface area contributed by atoms with Gasteiger partial charge in [-0.15, -0.1) is 11.3 Å². The number of nitrogens with two attached hydrogens (primary N) is 1. The van der Waals surface area contributed by atoms with E-state index in [2.05, 4.69) is 16.0 Å². The number of hydrogen-bond donors (Lipinski definition) is 1. The van der Waals surface area contributed by atoms with Crippen LogP contribution in [0.25, 0.3) is 0 Å². The molecule has 138 valence electrons. The zero-order chi connectivity index (χ0) is 18.6. The van der Waals surface area contributed by atoms with E-state index in [0.717, 1.165) is 42.9 Å². The average molecular weight is 379 g/mol. The highest BCUT2D eigenvalue weighted by Crippen LogP contribution is 2.35. The molecule has 0 fully saturated rings. The molecular formula is C21H22N4OS. The lowest BCUT2D eigenvalue weighted by Gasteiger charge is -2.34. The molecule has 2 aromatic heterocycles. The minimum Gasteiger partial charge on any atom is -0.366 e. The van der Waals surface area contributed by atoms with E-state index >= 15 is 0 Å². The number of pyridine rings is 1. The van der Waals surface area contributed by atoms with Crippen LogP contribution in [0.3, 0.4) is 0 Å². The number of aromatic nitrogens is 2. The number of carbonyl (C=O) groups is 1. The van der Waals surface area contributed by atoms with Gasteiger partial charge in [0.15, 0.2) is 0 Å². The van der Waals surface area contributed by atoms with Crippen LogP contribution in [0, 0.1) is 0 Å². The Balaban J connectivity index is 1.66. The van der Waals surface area contributed by atoms with Gasteiger partial charge in [-0.1, -0.05) is 18.2 Å². The third-order valence-electron chi connectivity index (χ3n) is 5.03. The molecule has 0 spiro atoms. The lowest BCUT2D eigenvalue weighted by molar-refractivity contribution is 0.1000. The Morgan fingerprint density at radius 2 is 2.11 bits per heavy atom. The number of rotatable bonds is 6. The zero-order valence-corrected chi connectivity index (χ0v) is 15.9. The van der Waals surface area contributed by atoms with Gasteiger partial charge in [0, 0.05) is 29.9 Å². The molecule has 0 bridgehead atoms. The molecule has 1 aliphatic carbocycles. The molecule has 0 saturated carbocycles. The second-order valence-corrected chi connectivity index (χ2v) is 7.83. The molecule has 1 aliphatic rings. The molecule has 4 rings (SSSR count). The summed E-state index contributed by atoms with van der Waals surface area (Å²) < 4.78 is 0. The Labute approximate surface area is 162 Å². The number of carbonyl (C=O) groups excluding carboxylic acids is 1. The molecule has 0 aliphatic heterocycles. The smallest absolute Gasteiger partial charge is 0.248 e. The Kier molecular flexibility index (Phi) is 5.27. The van der Waals surface area contributed by atoms with Crippen molar-refractivity contribution in [3.8, 4) is 0 Å². The van der Waals surface area contributed by atoms with E-state index in [1.165, 1.54) is 11.3 Å². The Morgan fingerprint density at radius 3 is 2.93 bits per heavy atom. The summed E-state index contributed by atoms with van der Waals surface area (Å²) in [5.41, 5.74) is 9.59. The minimum atomic E-state index is -0.395. The van der Waals surface area contributed by atoms with Crippen molar-refractivity contribution in [2.75, 3.05) is 0 Å². The highest BCUT2D eigenvalue weighted by molar-refractivity contribution is 7.09. The van der Waals surface area contributed by atoms with Gasteiger partial charge in [0.05, 0.1) is 18.3 Å². The van der Waals surface area contributed by atoms with E-state index in [9.17, 15) is 4.79 Å². The van der Waals surface area contributed by atoms with E-state index in [4.69, 9.17) is 10.7 Å². The molecule has 0 saturated heterocycles. The molecule has 2 N–H and O–H groups in total. The molecule has 1 amide bonds. The van der Waals surface area contributed by atoms with Crippen LogP contribution in [0.15, 0.2) is 54.2 Å². The molecule has 2 heterocycles. The maximum absolute atomic E-state index is 11.6. The summed E-state index contributed by atoms with van der Waals surface area (Å²) >= 11 is 1.67. The molecule has 1 aromatic carbocycles. The molecule has 0 radical (unpaired) electrons. The number of fused-ring (bicyclic) bond motifs is 1. The fraction of sp³-hybridized carbons (Fsp3) is 0.286. The van der Waals surface area contributed by atoms with Crippen molar-refractivity contribution in [2.24, 2.45) is 5.73 Å². The van der Waals surface area contributed by atoms with E-state index in [1.54, 1.807) is 17.4 Å². The second kappa shape index (κ2) is 7.98. The van der Waals surface area contributed by atoms with Crippen molar-refractivity contribution in [3.63, 3.8) is 0 Å². The van der Waals surface area contributed by atoms with Gasteiger partial charge in [-0.05, 0) is 48.6 Å². The molecule has 3 aromatic rings. The SMILES string of the molecule is NC(=O)c1cccc(CN(Cc2nccs2)C2CCCc3cccnc32)c1. The van der Waals surface area contributed by atoms with Crippen LogP contribution in [0.5, 0.6) is 0 Å². The summed E-state index contributed by atoms with van der Waals surface area (Å²) in [5, 5.41) is 3.10. The van der Waals surface area contributed by atoms with Crippen LogP contribution in [0.1, 0.15) is 51.1 Å². The van der Waals surface area contributed by atoms with Crippen molar-refractivity contribution in [3.05, 3.63) is 81.6 Å². The summed E-state index contributed by atoms with van der Waals surface area (Å²) in [5.74, 6) is -0.395. The van der Waals surface area contributed by atoms with Crippen molar-refractivity contribution in [1.82, 2.24) is 14.9 Å². The Bertz CT molecular complexity index is 925. The monoisotopic (exact) mass is 378 g/mol. The van der Waals surface area contributed by atoms with Crippen molar-refractivity contribution < 1.29 is 4.79 Å². The maximum Gasteiger partial charge on any atom is 0.248 e. The van der Waals surface area contributed by atoms with Gasteiger partial charge >= 0.3 is 0 Å². The fourth-order valence-electron chi connectivity index (χ4n) is 3.78. The maximum atomic E-state index is 11.6. The number of thiazole rings is 1. The molecule has 6 heteroatoms. The summed E-state index contributed by atoms with van der Waals surface area (Å²) in [7, 11) is 0. The second-order valence-electron chi connectivity index (χ2n) is 6.85. The molecule has 27 heavy (non-hydrogen) atoms. The molecule has 1 unspecified atom stereocenters. The normalized spacial score (nSPS) is 16.3. The van der Waals surface area contributed by atoms with Gasteiger partial charge in [-0.3, -0.25) is 14.7 Å². The number of nitrogens with zero attached hydrogens (tertiary/aromatic N) is 3. The van der Waals surface area contributed by atoms with Gasteiger partial charge in [-0.2, -0.15) is 0 Å². The first-order chi connectivity index (χ1) is 13.2. The summed E-state index contributed by atoms with van der Waals surface area (Å²) in [6, 6.07) is 12.0. The number of primary amides is 1.